The molecular weight excluding hydrogens is 473 g/mol. The van der Waals surface area contributed by atoms with Crippen molar-refractivity contribution in [2.24, 2.45) is 0 Å². The van der Waals surface area contributed by atoms with E-state index in [1.165, 1.54) is 21.5 Å². The van der Waals surface area contributed by atoms with Crippen LogP contribution in [0, 0.1) is 24.2 Å². The lowest BCUT2D eigenvalue weighted by atomic mass is 9.98. The van der Waals surface area contributed by atoms with Crippen molar-refractivity contribution < 1.29 is 18.3 Å². The second-order valence-corrected chi connectivity index (χ2v) is 8.51. The van der Waals surface area contributed by atoms with Gasteiger partial charge in [0.2, 0.25) is 5.95 Å². The number of halogens is 3. The molecule has 6 rings (SSSR count). The van der Waals surface area contributed by atoms with Crippen LogP contribution in [0.3, 0.4) is 0 Å². The molecule has 5 aromatic rings. The Kier molecular flexibility index (Phi) is 4.90. The highest BCUT2D eigenvalue weighted by atomic mass is 19.3. The topological polar surface area (TPSA) is 108 Å². The Morgan fingerprint density at radius 1 is 1.17 bits per heavy atom. The zero-order chi connectivity index (χ0) is 25.1. The van der Waals surface area contributed by atoms with Crippen molar-refractivity contribution in [3.63, 3.8) is 0 Å². The molecule has 0 spiro atoms. The van der Waals surface area contributed by atoms with Crippen molar-refractivity contribution in [1.82, 2.24) is 29.4 Å². The van der Waals surface area contributed by atoms with Crippen LogP contribution in [-0.2, 0) is 0 Å². The van der Waals surface area contributed by atoms with Gasteiger partial charge in [-0.3, -0.25) is 4.98 Å². The normalized spacial score (nSPS) is 14.1. The van der Waals surface area contributed by atoms with E-state index < -0.39 is 24.2 Å². The number of hydrogen-bond donors (Lipinski definition) is 1. The van der Waals surface area contributed by atoms with Crippen LogP contribution in [0.1, 0.15) is 23.4 Å². The van der Waals surface area contributed by atoms with Crippen LogP contribution in [-0.4, -0.2) is 53.7 Å². The predicted molar refractivity (Wildman–Crippen MR) is 123 cm³/mol. The Bertz CT molecular complexity index is 1700. The number of aliphatic hydroxyl groups excluding tert-OH is 1. The highest BCUT2D eigenvalue weighted by Crippen LogP contribution is 2.40. The van der Waals surface area contributed by atoms with E-state index in [-0.39, 0.29) is 24.3 Å². The van der Waals surface area contributed by atoms with E-state index >= 15 is 0 Å². The van der Waals surface area contributed by atoms with E-state index in [9.17, 15) is 23.5 Å². The van der Waals surface area contributed by atoms with Crippen LogP contribution in [0.5, 0.6) is 0 Å². The molecular formula is C24H17F3N8O. The number of nitrogens with zero attached hydrogens (tertiary/aromatic N) is 8. The Balaban J connectivity index is 1.62. The summed E-state index contributed by atoms with van der Waals surface area (Å²) in [4.78, 5) is 10.8. The van der Waals surface area contributed by atoms with Gasteiger partial charge in [0.1, 0.15) is 23.1 Å². The molecule has 0 radical (unpaired) electrons. The summed E-state index contributed by atoms with van der Waals surface area (Å²) in [6.45, 7) is 2.28. The molecule has 4 aromatic heterocycles. The maximum Gasteiger partial charge on any atom is 0.283 e. The number of β-amino-alcohol motifs (C(OH)–C–C–N with tert-alkyl or cyclic N) is 1. The third-order valence-corrected chi connectivity index (χ3v) is 6.24. The van der Waals surface area contributed by atoms with Crippen molar-refractivity contribution in [3.8, 4) is 22.9 Å². The first-order chi connectivity index (χ1) is 17.4. The predicted octanol–water partition coefficient (Wildman–Crippen LogP) is 3.57. The maximum atomic E-state index is 13.7. The van der Waals surface area contributed by atoms with Gasteiger partial charge in [-0.15, -0.1) is 5.10 Å². The van der Waals surface area contributed by atoms with Crippen LogP contribution in [0.4, 0.5) is 19.0 Å². The van der Waals surface area contributed by atoms with E-state index in [1.807, 2.05) is 17.0 Å². The molecule has 180 valence electrons. The zero-order valence-corrected chi connectivity index (χ0v) is 18.8. The number of aryl methyl sites for hydroxylation is 1. The molecule has 5 heterocycles. The number of anilines is 1. The highest BCUT2D eigenvalue weighted by Gasteiger charge is 2.33. The van der Waals surface area contributed by atoms with Crippen molar-refractivity contribution in [1.29, 1.82) is 5.26 Å². The number of aliphatic hydroxyl groups is 1. The Hall–Kier alpha value is -4.50. The molecule has 1 aromatic carbocycles. The van der Waals surface area contributed by atoms with Gasteiger partial charge < -0.3 is 10.0 Å². The van der Waals surface area contributed by atoms with Gasteiger partial charge in [-0.25, -0.2) is 18.4 Å². The number of pyridine rings is 1. The molecule has 36 heavy (non-hydrogen) atoms. The number of alkyl halides is 2. The van der Waals surface area contributed by atoms with Crippen LogP contribution in [0.2, 0.25) is 0 Å². The third-order valence-electron chi connectivity index (χ3n) is 6.24. The zero-order valence-electron chi connectivity index (χ0n) is 18.8. The molecule has 0 unspecified atom stereocenters. The summed E-state index contributed by atoms with van der Waals surface area (Å²) in [6.07, 6.45) is -0.418. The summed E-state index contributed by atoms with van der Waals surface area (Å²) in [6, 6.07) is 10.2. The van der Waals surface area contributed by atoms with Gasteiger partial charge in [-0.1, -0.05) is 6.07 Å². The van der Waals surface area contributed by atoms with Gasteiger partial charge >= 0.3 is 0 Å². The Morgan fingerprint density at radius 3 is 2.64 bits per heavy atom. The van der Waals surface area contributed by atoms with Crippen LogP contribution in [0.15, 0.2) is 42.7 Å². The lowest BCUT2D eigenvalue weighted by Crippen LogP contribution is -2.51. The third kappa shape index (κ3) is 3.28. The molecule has 12 heteroatoms. The lowest BCUT2D eigenvalue weighted by Gasteiger charge is -2.39. The van der Waals surface area contributed by atoms with Gasteiger partial charge in [0.25, 0.3) is 6.43 Å². The fourth-order valence-electron chi connectivity index (χ4n) is 4.60. The molecule has 0 saturated carbocycles. The molecule has 1 aliphatic heterocycles. The van der Waals surface area contributed by atoms with Crippen molar-refractivity contribution >= 4 is 22.4 Å². The van der Waals surface area contributed by atoms with Gasteiger partial charge in [-0.2, -0.15) is 19.3 Å². The fraction of sp³-hybridized carbons (Fsp3) is 0.208. The van der Waals surface area contributed by atoms with Gasteiger partial charge in [0.05, 0.1) is 23.0 Å². The average Bonchev–Trinajstić information content (AvgIpc) is 3.44. The molecule has 1 aliphatic rings. The first kappa shape index (κ1) is 22.0. The summed E-state index contributed by atoms with van der Waals surface area (Å²) in [5, 5.41) is 28.2. The number of nitriles is 1. The molecule has 1 fully saturated rings. The smallest absolute Gasteiger partial charge is 0.283 e. The summed E-state index contributed by atoms with van der Waals surface area (Å²) in [5.74, 6) is -0.149. The number of aromatic nitrogens is 6. The van der Waals surface area contributed by atoms with Crippen LogP contribution >= 0.6 is 0 Å². The lowest BCUT2D eigenvalue weighted by molar-refractivity contribution is 0.140. The minimum absolute atomic E-state index is 0.0341. The second-order valence-electron chi connectivity index (χ2n) is 8.51. The largest absolute Gasteiger partial charge is 0.389 e. The molecule has 0 amide bonds. The first-order valence-corrected chi connectivity index (χ1v) is 11.0. The standard InChI is InChI=1S/C24H17F3N8O/c1-12-20(16-4-6-29-18-8-13(2-3-15(16)18)34-7-5-19(25)31-34)24(33-10-14(36)11-33)35-23(30-12)17(9-28)21(32-35)22(26)27/h2-8,14,22,36H,10-11H2,1H3. The molecule has 1 saturated heterocycles. The molecule has 1 N–H and O–H groups in total. The quantitative estimate of drug-likeness (QED) is 0.410. The molecule has 0 aliphatic carbocycles. The Morgan fingerprint density at radius 2 is 1.97 bits per heavy atom. The minimum Gasteiger partial charge on any atom is -0.389 e. The van der Waals surface area contributed by atoms with E-state index in [0.29, 0.717) is 33.8 Å². The number of rotatable bonds is 4. The van der Waals surface area contributed by atoms with Crippen molar-refractivity contribution in [2.75, 3.05) is 18.0 Å². The first-order valence-electron chi connectivity index (χ1n) is 11.0. The van der Waals surface area contributed by atoms with E-state index in [0.717, 1.165) is 5.39 Å². The maximum absolute atomic E-state index is 13.7. The van der Waals surface area contributed by atoms with Gasteiger partial charge in [0, 0.05) is 42.5 Å². The van der Waals surface area contributed by atoms with Gasteiger partial charge in [-0.05, 0) is 30.7 Å². The molecule has 0 atom stereocenters. The number of hydrogen-bond acceptors (Lipinski definition) is 7. The summed E-state index contributed by atoms with van der Waals surface area (Å²) in [7, 11) is 0. The Labute approximate surface area is 201 Å². The summed E-state index contributed by atoms with van der Waals surface area (Å²) >= 11 is 0. The highest BCUT2D eigenvalue weighted by molar-refractivity contribution is 5.99. The van der Waals surface area contributed by atoms with Crippen molar-refractivity contribution in [3.05, 3.63) is 65.6 Å². The van der Waals surface area contributed by atoms with E-state index in [1.54, 1.807) is 31.3 Å². The minimum atomic E-state index is -2.95. The number of fused-ring (bicyclic) bond motifs is 2. The van der Waals surface area contributed by atoms with E-state index in [2.05, 4.69) is 20.2 Å². The number of benzene rings is 1. The van der Waals surface area contributed by atoms with Crippen LogP contribution < -0.4 is 4.90 Å². The monoisotopic (exact) mass is 490 g/mol. The van der Waals surface area contributed by atoms with Crippen LogP contribution in [0.25, 0.3) is 33.4 Å². The SMILES string of the molecule is Cc1nc2c(C#N)c(C(F)F)nn2c(N2CC(O)C2)c1-c1ccnc2cc(-n3ccc(F)n3)ccc12. The van der Waals surface area contributed by atoms with Gasteiger partial charge in [0.15, 0.2) is 5.65 Å². The molecule has 0 bridgehead atoms. The van der Waals surface area contributed by atoms with E-state index in [4.69, 9.17) is 0 Å². The average molecular weight is 490 g/mol. The fourth-order valence-corrected chi connectivity index (χ4v) is 4.60. The summed E-state index contributed by atoms with van der Waals surface area (Å²) < 4.78 is 43.5. The second kappa shape index (κ2) is 8.03. The summed E-state index contributed by atoms with van der Waals surface area (Å²) in [5.41, 5.74) is 2.16. The van der Waals surface area contributed by atoms with Crippen molar-refractivity contribution in [2.45, 2.75) is 19.5 Å². The molecule has 9 nitrogen and oxygen atoms in total.